The first-order valence-corrected chi connectivity index (χ1v) is 6.98. The Morgan fingerprint density at radius 1 is 0.955 bits per heavy atom. The van der Waals surface area contributed by atoms with Crippen LogP contribution in [0.25, 0.3) is 0 Å². The van der Waals surface area contributed by atoms with Crippen molar-refractivity contribution in [1.29, 1.82) is 10.5 Å². The van der Waals surface area contributed by atoms with Gasteiger partial charge < -0.3 is 0 Å². The van der Waals surface area contributed by atoms with Crippen LogP contribution >= 0.6 is 0 Å². The number of rotatable bonds is 2. The van der Waals surface area contributed by atoms with Crippen LogP contribution in [0.15, 0.2) is 24.3 Å². The zero-order valence-electron chi connectivity index (χ0n) is 12.6. The summed E-state index contributed by atoms with van der Waals surface area (Å²) in [6, 6.07) is 11.7. The molecule has 2 aromatic rings. The summed E-state index contributed by atoms with van der Waals surface area (Å²) in [7, 11) is 0. The zero-order valence-corrected chi connectivity index (χ0v) is 12.6. The SMILES string of the molecule is Cc1ccc(C2(C#N)CC2)nn1.Cc1ccc(CC#N)nn1. The second-order valence-electron chi connectivity index (χ2n) is 5.25. The molecule has 0 N–H and O–H groups in total. The van der Waals surface area contributed by atoms with Gasteiger partial charge in [-0.15, -0.1) is 0 Å². The van der Waals surface area contributed by atoms with Crippen LogP contribution in [-0.2, 0) is 11.8 Å². The van der Waals surface area contributed by atoms with Gasteiger partial charge in [-0.2, -0.15) is 30.9 Å². The Bertz CT molecular complexity index is 702. The van der Waals surface area contributed by atoms with Gasteiger partial charge in [0.25, 0.3) is 0 Å². The Kier molecular flexibility index (Phi) is 4.75. The van der Waals surface area contributed by atoms with Gasteiger partial charge in [-0.25, -0.2) is 0 Å². The predicted molar refractivity (Wildman–Crippen MR) is 79.4 cm³/mol. The molecule has 22 heavy (non-hydrogen) atoms. The van der Waals surface area contributed by atoms with E-state index in [-0.39, 0.29) is 5.41 Å². The summed E-state index contributed by atoms with van der Waals surface area (Å²) in [5.41, 5.74) is 3.04. The molecule has 1 saturated carbocycles. The maximum absolute atomic E-state index is 8.86. The van der Waals surface area contributed by atoms with E-state index in [9.17, 15) is 0 Å². The summed E-state index contributed by atoms with van der Waals surface area (Å²) in [6.07, 6.45) is 2.20. The molecule has 6 heteroatoms. The van der Waals surface area contributed by atoms with Crippen molar-refractivity contribution in [3.05, 3.63) is 47.0 Å². The van der Waals surface area contributed by atoms with Crippen LogP contribution in [0.3, 0.4) is 0 Å². The molecule has 0 saturated heterocycles. The summed E-state index contributed by atoms with van der Waals surface area (Å²) in [6.45, 7) is 3.76. The quantitative estimate of drug-likeness (QED) is 0.841. The number of nitrogens with zero attached hydrogens (tertiary/aromatic N) is 6. The summed E-state index contributed by atoms with van der Waals surface area (Å²) in [5.74, 6) is 0. The van der Waals surface area contributed by atoms with Crippen molar-refractivity contribution in [3.8, 4) is 12.1 Å². The Labute approximate surface area is 129 Å². The first kappa shape index (κ1) is 15.5. The first-order valence-electron chi connectivity index (χ1n) is 6.98. The minimum atomic E-state index is -0.291. The van der Waals surface area contributed by atoms with Gasteiger partial charge in [0, 0.05) is 0 Å². The smallest absolute Gasteiger partial charge is 0.101 e. The second-order valence-corrected chi connectivity index (χ2v) is 5.25. The van der Waals surface area contributed by atoms with E-state index >= 15 is 0 Å². The van der Waals surface area contributed by atoms with E-state index in [1.807, 2.05) is 44.2 Å². The molecule has 0 bridgehead atoms. The number of hydrogen-bond acceptors (Lipinski definition) is 6. The standard InChI is InChI=1S/C9H9N3.C7H7N3/c1-7-2-3-8(12-11-7)9(6-10)4-5-9;1-6-2-3-7(4-5-8)10-9-6/h2-3H,4-5H2,1H3;2-3H,4H2,1H3. The third kappa shape index (κ3) is 3.83. The van der Waals surface area contributed by atoms with Crippen molar-refractivity contribution in [3.63, 3.8) is 0 Å². The molecule has 0 amide bonds. The van der Waals surface area contributed by atoms with E-state index in [0.717, 1.165) is 35.6 Å². The van der Waals surface area contributed by atoms with Crippen LogP contribution in [0, 0.1) is 36.5 Å². The molecule has 1 fully saturated rings. The lowest BCUT2D eigenvalue weighted by molar-refractivity contribution is 0.796. The molecule has 0 unspecified atom stereocenters. The molecule has 1 aliphatic carbocycles. The van der Waals surface area contributed by atoms with Crippen molar-refractivity contribution < 1.29 is 0 Å². The number of hydrogen-bond donors (Lipinski definition) is 0. The predicted octanol–water partition coefficient (Wildman–Crippen LogP) is 2.19. The Morgan fingerprint density at radius 3 is 2.00 bits per heavy atom. The fraction of sp³-hybridized carbons (Fsp3) is 0.375. The van der Waals surface area contributed by atoms with Gasteiger partial charge in [0.2, 0.25) is 0 Å². The van der Waals surface area contributed by atoms with E-state index in [0.29, 0.717) is 6.42 Å². The molecular formula is C16H16N6. The first-order chi connectivity index (χ1) is 10.6. The van der Waals surface area contributed by atoms with E-state index in [4.69, 9.17) is 10.5 Å². The Balaban J connectivity index is 0.000000164. The average Bonchev–Trinajstić information content (AvgIpc) is 3.32. The minimum Gasteiger partial charge on any atom is -0.198 e. The van der Waals surface area contributed by atoms with Gasteiger partial charge in [-0.3, -0.25) is 0 Å². The maximum atomic E-state index is 8.86. The highest BCUT2D eigenvalue weighted by Gasteiger charge is 2.46. The van der Waals surface area contributed by atoms with Crippen LogP contribution in [0.1, 0.15) is 35.6 Å². The number of aryl methyl sites for hydroxylation is 2. The maximum Gasteiger partial charge on any atom is 0.101 e. The molecule has 2 heterocycles. The number of aromatic nitrogens is 4. The highest BCUT2D eigenvalue weighted by atomic mass is 15.1. The second kappa shape index (κ2) is 6.73. The van der Waals surface area contributed by atoms with Gasteiger partial charge >= 0.3 is 0 Å². The van der Waals surface area contributed by atoms with Gasteiger partial charge in [-0.1, -0.05) is 0 Å². The molecule has 3 rings (SSSR count). The highest BCUT2D eigenvalue weighted by Crippen LogP contribution is 2.46. The monoisotopic (exact) mass is 292 g/mol. The topological polar surface area (TPSA) is 99.1 Å². The van der Waals surface area contributed by atoms with E-state index in [1.54, 1.807) is 0 Å². The van der Waals surface area contributed by atoms with E-state index in [1.165, 1.54) is 0 Å². The Morgan fingerprint density at radius 2 is 1.59 bits per heavy atom. The molecule has 0 atom stereocenters. The van der Waals surface area contributed by atoms with Crippen molar-refractivity contribution in [2.45, 2.75) is 38.5 Å². The summed E-state index contributed by atoms with van der Waals surface area (Å²) < 4.78 is 0. The van der Waals surface area contributed by atoms with Crippen LogP contribution in [-0.4, -0.2) is 20.4 Å². The zero-order chi connectivity index (χ0) is 16.0. The number of nitriles is 2. The highest BCUT2D eigenvalue weighted by molar-refractivity contribution is 5.33. The van der Waals surface area contributed by atoms with Crippen LogP contribution in [0.4, 0.5) is 0 Å². The lowest BCUT2D eigenvalue weighted by atomic mass is 10.1. The van der Waals surface area contributed by atoms with Crippen LogP contribution < -0.4 is 0 Å². The Hall–Kier alpha value is -2.86. The molecule has 110 valence electrons. The fourth-order valence-electron chi connectivity index (χ4n) is 1.81. The van der Waals surface area contributed by atoms with Gasteiger partial charge in [-0.05, 0) is 51.0 Å². The van der Waals surface area contributed by atoms with Crippen molar-refractivity contribution in [2.24, 2.45) is 0 Å². The average molecular weight is 292 g/mol. The van der Waals surface area contributed by atoms with Crippen molar-refractivity contribution >= 4 is 0 Å². The molecular weight excluding hydrogens is 276 g/mol. The van der Waals surface area contributed by atoms with Crippen molar-refractivity contribution in [1.82, 2.24) is 20.4 Å². The van der Waals surface area contributed by atoms with Gasteiger partial charge in [0.1, 0.15) is 5.41 Å². The lowest BCUT2D eigenvalue weighted by Gasteiger charge is -2.02. The third-order valence-corrected chi connectivity index (χ3v) is 3.37. The molecule has 2 aromatic heterocycles. The third-order valence-electron chi connectivity index (χ3n) is 3.37. The minimum absolute atomic E-state index is 0.291. The van der Waals surface area contributed by atoms with Crippen molar-refractivity contribution in [2.75, 3.05) is 0 Å². The molecule has 0 spiro atoms. The van der Waals surface area contributed by atoms with Gasteiger partial charge in [0.05, 0.1) is 41.3 Å². The molecule has 6 nitrogen and oxygen atoms in total. The molecule has 1 aliphatic rings. The van der Waals surface area contributed by atoms with E-state index in [2.05, 4.69) is 26.5 Å². The summed E-state index contributed by atoms with van der Waals surface area (Å²) in [5, 5.41) is 32.7. The summed E-state index contributed by atoms with van der Waals surface area (Å²) in [4.78, 5) is 0. The summed E-state index contributed by atoms with van der Waals surface area (Å²) >= 11 is 0. The van der Waals surface area contributed by atoms with Crippen LogP contribution in [0.2, 0.25) is 0 Å². The fourth-order valence-corrected chi connectivity index (χ4v) is 1.81. The van der Waals surface area contributed by atoms with Crippen LogP contribution in [0.5, 0.6) is 0 Å². The largest absolute Gasteiger partial charge is 0.198 e. The molecule has 0 aliphatic heterocycles. The molecule has 0 radical (unpaired) electrons. The normalized spacial score (nSPS) is 14.0. The molecule has 0 aromatic carbocycles. The van der Waals surface area contributed by atoms with Gasteiger partial charge in [0.15, 0.2) is 0 Å². The lowest BCUT2D eigenvalue weighted by Crippen LogP contribution is -2.06. The van der Waals surface area contributed by atoms with E-state index < -0.39 is 0 Å².